The van der Waals surface area contributed by atoms with Crippen LogP contribution in [0.3, 0.4) is 0 Å². The van der Waals surface area contributed by atoms with Crippen LogP contribution in [0.2, 0.25) is 0 Å². The largest absolute Gasteiger partial charge is 0.494 e. The van der Waals surface area contributed by atoms with Crippen LogP contribution in [-0.2, 0) is 27.8 Å². The lowest BCUT2D eigenvalue weighted by atomic mass is 9.71. The van der Waals surface area contributed by atoms with E-state index in [1.807, 2.05) is 79.7 Å². The summed E-state index contributed by atoms with van der Waals surface area (Å²) in [5.41, 5.74) is 3.35. The van der Waals surface area contributed by atoms with Crippen LogP contribution < -0.4 is 9.47 Å². The fourth-order valence-electron chi connectivity index (χ4n) is 5.17. The van der Waals surface area contributed by atoms with E-state index < -0.39 is 5.41 Å². The van der Waals surface area contributed by atoms with E-state index in [0.29, 0.717) is 26.2 Å². The minimum Gasteiger partial charge on any atom is -0.494 e. The molecule has 4 aromatic carbocycles. The maximum absolute atomic E-state index is 13.9. The van der Waals surface area contributed by atoms with Gasteiger partial charge in [-0.2, -0.15) is 0 Å². The van der Waals surface area contributed by atoms with Crippen molar-refractivity contribution in [2.45, 2.75) is 52.4 Å². The Hall–Kier alpha value is -4.05. The first-order chi connectivity index (χ1) is 19.8. The van der Waals surface area contributed by atoms with Crippen LogP contribution in [0.4, 0.5) is 0 Å². The summed E-state index contributed by atoms with van der Waals surface area (Å²) in [5.74, 6) is 1.26. The monoisotopic (exact) mass is 550 g/mol. The summed E-state index contributed by atoms with van der Waals surface area (Å²) in [6.45, 7) is 9.76. The van der Waals surface area contributed by atoms with Crippen LogP contribution in [0.5, 0.6) is 11.5 Å². The Morgan fingerprint density at radius 3 is 1.76 bits per heavy atom. The average Bonchev–Trinajstić information content (AvgIpc) is 2.97. The van der Waals surface area contributed by atoms with Gasteiger partial charge in [-0.15, -0.1) is 0 Å². The fourth-order valence-corrected chi connectivity index (χ4v) is 5.17. The quantitative estimate of drug-likeness (QED) is 0.157. The highest BCUT2D eigenvalue weighted by atomic mass is 16.5. The summed E-state index contributed by atoms with van der Waals surface area (Å²) >= 11 is 0. The van der Waals surface area contributed by atoms with Gasteiger partial charge in [0.2, 0.25) is 0 Å². The highest BCUT2D eigenvalue weighted by Crippen LogP contribution is 2.39. The molecule has 0 N–H and O–H groups in total. The Labute approximate surface area is 245 Å². The Morgan fingerprint density at radius 2 is 1.17 bits per heavy atom. The molecule has 41 heavy (non-hydrogen) atoms. The molecule has 0 aliphatic rings. The molecule has 4 rings (SSSR count). The van der Waals surface area contributed by atoms with Crippen molar-refractivity contribution in [3.8, 4) is 11.5 Å². The molecule has 0 aliphatic heterocycles. The molecular weight excluding hydrogens is 508 g/mol. The third-order valence-corrected chi connectivity index (χ3v) is 7.14. The van der Waals surface area contributed by atoms with Crippen molar-refractivity contribution in [1.82, 2.24) is 0 Å². The van der Waals surface area contributed by atoms with Crippen LogP contribution in [0, 0.1) is 5.41 Å². The zero-order chi connectivity index (χ0) is 29.1. The van der Waals surface area contributed by atoms with Gasteiger partial charge in [0.05, 0.1) is 19.8 Å². The Balaban J connectivity index is 1.64. The number of hydrogen-bond acceptors (Lipinski definition) is 4. The fraction of sp³-hybridized carbons (Fsp3) is 0.324. The zero-order valence-corrected chi connectivity index (χ0v) is 24.8. The molecule has 0 heterocycles. The first kappa shape index (κ1) is 29.9. The topological polar surface area (TPSA) is 44.8 Å². The van der Waals surface area contributed by atoms with Crippen LogP contribution >= 0.6 is 0 Å². The third kappa shape index (κ3) is 8.23. The number of benzene rings is 4. The molecule has 4 nitrogen and oxygen atoms in total. The smallest absolute Gasteiger partial charge is 0.321 e. The van der Waals surface area contributed by atoms with Crippen molar-refractivity contribution in [3.63, 3.8) is 0 Å². The molecule has 0 radical (unpaired) electrons. The molecule has 0 aromatic heterocycles. The second-order valence-corrected chi connectivity index (χ2v) is 11.6. The predicted octanol–water partition coefficient (Wildman–Crippen LogP) is 8.22. The number of carbonyl (C=O) groups excluding carboxylic acids is 1. The Bertz CT molecular complexity index is 1340. The van der Waals surface area contributed by atoms with E-state index in [4.69, 9.17) is 14.2 Å². The van der Waals surface area contributed by atoms with Crippen molar-refractivity contribution in [3.05, 3.63) is 131 Å². The molecule has 0 fully saturated rings. The molecule has 0 saturated carbocycles. The van der Waals surface area contributed by atoms with Crippen LogP contribution in [0.15, 0.2) is 109 Å². The van der Waals surface area contributed by atoms with E-state index in [-0.39, 0.29) is 11.4 Å². The van der Waals surface area contributed by atoms with Crippen molar-refractivity contribution < 1.29 is 19.0 Å². The predicted molar refractivity (Wildman–Crippen MR) is 166 cm³/mol. The summed E-state index contributed by atoms with van der Waals surface area (Å²) in [6, 6.07) is 36.3. The zero-order valence-electron chi connectivity index (χ0n) is 24.8. The third-order valence-electron chi connectivity index (χ3n) is 7.14. The van der Waals surface area contributed by atoms with Crippen molar-refractivity contribution in [2.75, 3.05) is 19.8 Å². The lowest BCUT2D eigenvalue weighted by Gasteiger charge is -2.33. The van der Waals surface area contributed by atoms with E-state index in [0.717, 1.165) is 35.5 Å². The van der Waals surface area contributed by atoms with Gasteiger partial charge in [-0.25, -0.2) is 0 Å². The van der Waals surface area contributed by atoms with Gasteiger partial charge in [-0.3, -0.25) is 4.79 Å². The molecule has 4 aromatic rings. The van der Waals surface area contributed by atoms with Gasteiger partial charge in [0.25, 0.3) is 0 Å². The van der Waals surface area contributed by atoms with Crippen molar-refractivity contribution in [1.29, 1.82) is 0 Å². The lowest BCUT2D eigenvalue weighted by molar-refractivity contribution is -0.149. The molecule has 0 saturated heterocycles. The van der Waals surface area contributed by atoms with Gasteiger partial charge in [-0.1, -0.05) is 106 Å². The minimum absolute atomic E-state index is 0.166. The van der Waals surface area contributed by atoms with Gasteiger partial charge < -0.3 is 14.2 Å². The molecular formula is C37H42O4. The van der Waals surface area contributed by atoms with E-state index in [1.54, 1.807) is 0 Å². The number of para-hydroxylation sites is 1. The standard InChI is InChI=1S/C37H42O4/c1-5-39-35(38)37(25-27-41-33-14-10-7-11-15-33,31-18-16-30(17-19-31)28-36(2,3)4)32-20-22-34(23-21-32)40-26-24-29-12-8-6-9-13-29/h6-23H,5,24-28H2,1-4H3. The minimum atomic E-state index is -1.03. The molecule has 1 atom stereocenters. The van der Waals surface area contributed by atoms with Gasteiger partial charge in [0.15, 0.2) is 0 Å². The summed E-state index contributed by atoms with van der Waals surface area (Å²) in [5, 5.41) is 0. The first-order valence-electron chi connectivity index (χ1n) is 14.5. The highest BCUT2D eigenvalue weighted by Gasteiger charge is 2.43. The first-order valence-corrected chi connectivity index (χ1v) is 14.5. The number of esters is 1. The molecule has 1 unspecified atom stereocenters. The molecule has 4 heteroatoms. The van der Waals surface area contributed by atoms with E-state index in [1.165, 1.54) is 11.1 Å². The summed E-state index contributed by atoms with van der Waals surface area (Å²) in [4.78, 5) is 13.9. The van der Waals surface area contributed by atoms with Crippen molar-refractivity contribution >= 4 is 5.97 Å². The number of rotatable bonds is 13. The molecule has 0 aliphatic carbocycles. The summed E-state index contributed by atoms with van der Waals surface area (Å²) in [7, 11) is 0. The maximum Gasteiger partial charge on any atom is 0.321 e. The summed E-state index contributed by atoms with van der Waals surface area (Å²) in [6.07, 6.45) is 2.20. The normalized spacial score (nSPS) is 12.8. The Kier molecular flexibility index (Phi) is 10.2. The summed E-state index contributed by atoms with van der Waals surface area (Å²) < 4.78 is 17.9. The Morgan fingerprint density at radius 1 is 0.634 bits per heavy atom. The van der Waals surface area contributed by atoms with Crippen molar-refractivity contribution in [2.24, 2.45) is 5.41 Å². The van der Waals surface area contributed by atoms with E-state index >= 15 is 0 Å². The van der Waals surface area contributed by atoms with Crippen LogP contribution in [0.1, 0.15) is 56.4 Å². The number of ether oxygens (including phenoxy) is 3. The van der Waals surface area contributed by atoms with E-state index in [9.17, 15) is 4.79 Å². The van der Waals surface area contributed by atoms with Gasteiger partial charge in [0, 0.05) is 12.8 Å². The van der Waals surface area contributed by atoms with Crippen LogP contribution in [0.25, 0.3) is 0 Å². The van der Waals surface area contributed by atoms with E-state index in [2.05, 4.69) is 57.2 Å². The molecule has 0 bridgehead atoms. The second-order valence-electron chi connectivity index (χ2n) is 11.6. The second kappa shape index (κ2) is 14.0. The van der Waals surface area contributed by atoms with Gasteiger partial charge in [-0.05, 0) is 65.3 Å². The SMILES string of the molecule is CCOC(=O)C(CCOc1ccccc1)(c1ccc(CC(C)(C)C)cc1)c1ccc(OCCc2ccccc2)cc1. The number of carbonyl (C=O) groups is 1. The molecule has 0 spiro atoms. The van der Waals surface area contributed by atoms with Gasteiger partial charge in [0.1, 0.15) is 16.9 Å². The molecule has 214 valence electrons. The average molecular weight is 551 g/mol. The number of hydrogen-bond donors (Lipinski definition) is 0. The lowest BCUT2D eigenvalue weighted by Crippen LogP contribution is -2.40. The maximum atomic E-state index is 13.9. The van der Waals surface area contributed by atoms with Gasteiger partial charge >= 0.3 is 5.97 Å². The highest BCUT2D eigenvalue weighted by molar-refractivity contribution is 5.88. The van der Waals surface area contributed by atoms with Crippen LogP contribution in [-0.4, -0.2) is 25.8 Å². The molecule has 0 amide bonds.